The van der Waals surface area contributed by atoms with Crippen LogP contribution in [-0.2, 0) is 0 Å². The van der Waals surface area contributed by atoms with Gasteiger partial charge < -0.3 is 4.42 Å². The van der Waals surface area contributed by atoms with Crippen molar-refractivity contribution < 1.29 is 4.42 Å². The van der Waals surface area contributed by atoms with Gasteiger partial charge in [0.2, 0.25) is 0 Å². The van der Waals surface area contributed by atoms with Crippen molar-refractivity contribution in [2.24, 2.45) is 4.99 Å². The molecule has 0 aliphatic rings. The molecule has 0 bridgehead atoms. The first-order chi connectivity index (χ1) is 15.2. The van der Waals surface area contributed by atoms with Crippen LogP contribution in [0.15, 0.2) is 105 Å². The number of fused-ring (bicyclic) bond motifs is 1. The van der Waals surface area contributed by atoms with Gasteiger partial charge in [-0.2, -0.15) is 5.10 Å². The Morgan fingerprint density at radius 3 is 2.48 bits per heavy atom. The van der Waals surface area contributed by atoms with Gasteiger partial charge in [-0.05, 0) is 71.1 Å². The average molecular weight is 517 g/mol. The summed E-state index contributed by atoms with van der Waals surface area (Å²) >= 11 is 2.26. The van der Waals surface area contributed by atoms with E-state index in [0.717, 1.165) is 25.9 Å². The number of nitrogens with zero attached hydrogens (tertiary/aromatic N) is 3. The van der Waals surface area contributed by atoms with Crippen LogP contribution in [0.5, 0.6) is 0 Å². The summed E-state index contributed by atoms with van der Waals surface area (Å²) in [5, 5.41) is 5.55. The van der Waals surface area contributed by atoms with Gasteiger partial charge in [-0.1, -0.05) is 36.4 Å². The summed E-state index contributed by atoms with van der Waals surface area (Å²) in [7, 11) is 0. The molecule has 0 radical (unpaired) electrons. The van der Waals surface area contributed by atoms with Crippen molar-refractivity contribution in [3.8, 4) is 16.9 Å². The molecule has 5 nitrogen and oxygen atoms in total. The van der Waals surface area contributed by atoms with E-state index in [0.29, 0.717) is 16.8 Å². The molecule has 0 aliphatic carbocycles. The maximum absolute atomic E-state index is 12.8. The van der Waals surface area contributed by atoms with Crippen LogP contribution in [0.1, 0.15) is 5.56 Å². The van der Waals surface area contributed by atoms with E-state index in [1.165, 1.54) is 0 Å². The highest BCUT2D eigenvalue weighted by molar-refractivity contribution is 14.1. The van der Waals surface area contributed by atoms with Gasteiger partial charge in [-0.15, -0.1) is 0 Å². The van der Waals surface area contributed by atoms with E-state index < -0.39 is 5.63 Å². The van der Waals surface area contributed by atoms with Crippen molar-refractivity contribution in [2.45, 2.75) is 0 Å². The molecule has 3 aromatic carbocycles. The van der Waals surface area contributed by atoms with E-state index in [4.69, 9.17) is 9.52 Å². The van der Waals surface area contributed by atoms with E-state index >= 15 is 0 Å². The Morgan fingerprint density at radius 2 is 1.68 bits per heavy atom. The summed E-state index contributed by atoms with van der Waals surface area (Å²) < 4.78 is 8.43. The molecule has 5 rings (SSSR count). The highest BCUT2D eigenvalue weighted by Crippen LogP contribution is 2.24. The maximum Gasteiger partial charge on any atom is 0.345 e. The molecule has 0 saturated heterocycles. The molecule has 0 unspecified atom stereocenters. The molecule has 2 aromatic heterocycles. The monoisotopic (exact) mass is 517 g/mol. The van der Waals surface area contributed by atoms with Crippen molar-refractivity contribution in [2.75, 3.05) is 0 Å². The van der Waals surface area contributed by atoms with Gasteiger partial charge >= 0.3 is 5.63 Å². The quantitative estimate of drug-likeness (QED) is 0.167. The molecule has 0 amide bonds. The Hall–Kier alpha value is -3.52. The highest BCUT2D eigenvalue weighted by Gasteiger charge is 2.16. The van der Waals surface area contributed by atoms with Crippen molar-refractivity contribution in [1.29, 1.82) is 0 Å². The molecule has 5 aromatic rings. The van der Waals surface area contributed by atoms with Gasteiger partial charge in [0.15, 0.2) is 0 Å². The Morgan fingerprint density at radius 1 is 0.935 bits per heavy atom. The Bertz CT molecular complexity index is 1450. The van der Waals surface area contributed by atoms with Gasteiger partial charge in [0.1, 0.15) is 11.3 Å². The molecule has 0 aliphatic heterocycles. The number of hydrogen-bond donors (Lipinski definition) is 0. The minimum atomic E-state index is -0.430. The second-order valence-corrected chi connectivity index (χ2v) is 8.18. The van der Waals surface area contributed by atoms with E-state index in [1.807, 2.05) is 85.1 Å². The number of hydrogen-bond acceptors (Lipinski definition) is 4. The van der Waals surface area contributed by atoms with Crippen LogP contribution in [-0.4, -0.2) is 16.0 Å². The third kappa shape index (κ3) is 4.06. The standard InChI is InChI=1S/C25H16IN3O2/c26-19-10-12-20(13-11-19)27-15-18-16-29(21-7-2-1-3-8-21)28-24(18)22-14-17-6-4-5-9-23(17)31-25(22)30/h1-16H. The highest BCUT2D eigenvalue weighted by atomic mass is 127. The second-order valence-electron chi connectivity index (χ2n) is 6.93. The smallest absolute Gasteiger partial charge is 0.345 e. The number of aromatic nitrogens is 2. The van der Waals surface area contributed by atoms with Gasteiger partial charge in [-0.25, -0.2) is 9.48 Å². The molecule has 31 heavy (non-hydrogen) atoms. The van der Waals surface area contributed by atoms with E-state index in [-0.39, 0.29) is 0 Å². The third-order valence-corrected chi connectivity index (χ3v) is 5.56. The van der Waals surface area contributed by atoms with Gasteiger partial charge in [0, 0.05) is 26.9 Å². The first-order valence-corrected chi connectivity index (χ1v) is 10.7. The zero-order chi connectivity index (χ0) is 21.2. The lowest BCUT2D eigenvalue weighted by Crippen LogP contribution is -2.05. The number of rotatable bonds is 4. The van der Waals surface area contributed by atoms with E-state index in [1.54, 1.807) is 17.0 Å². The van der Waals surface area contributed by atoms with Gasteiger partial charge in [0.25, 0.3) is 0 Å². The number of para-hydroxylation sites is 2. The Labute approximate surface area is 191 Å². The third-order valence-electron chi connectivity index (χ3n) is 4.84. The fourth-order valence-electron chi connectivity index (χ4n) is 3.30. The summed E-state index contributed by atoms with van der Waals surface area (Å²) in [6, 6.07) is 26.9. The fraction of sp³-hybridized carbons (Fsp3) is 0. The predicted molar refractivity (Wildman–Crippen MR) is 131 cm³/mol. The molecular formula is C25H16IN3O2. The molecule has 6 heteroatoms. The maximum atomic E-state index is 12.8. The normalized spacial score (nSPS) is 11.4. The van der Waals surface area contributed by atoms with Crippen LogP contribution in [0.3, 0.4) is 0 Å². The van der Waals surface area contributed by atoms with Crippen molar-refractivity contribution >= 4 is 45.5 Å². The lowest BCUT2D eigenvalue weighted by molar-refractivity contribution is 0.563. The zero-order valence-corrected chi connectivity index (χ0v) is 18.4. The lowest BCUT2D eigenvalue weighted by Gasteiger charge is -2.01. The first kappa shape index (κ1) is 19.4. The molecule has 0 fully saturated rings. The number of benzene rings is 3. The summed E-state index contributed by atoms with van der Waals surface area (Å²) in [6.07, 6.45) is 3.61. The van der Waals surface area contributed by atoms with Crippen LogP contribution in [0.2, 0.25) is 0 Å². The SMILES string of the molecule is O=c1oc2ccccc2cc1-c1nn(-c2ccccc2)cc1C=Nc1ccc(I)cc1. The molecule has 0 N–H and O–H groups in total. The minimum absolute atomic E-state index is 0.400. The van der Waals surface area contributed by atoms with E-state index in [2.05, 4.69) is 27.6 Å². The molecule has 0 spiro atoms. The van der Waals surface area contributed by atoms with Crippen molar-refractivity contribution in [1.82, 2.24) is 9.78 Å². The van der Waals surface area contributed by atoms with Crippen LogP contribution >= 0.6 is 22.6 Å². The zero-order valence-electron chi connectivity index (χ0n) is 16.3. The Kier molecular flexibility index (Phi) is 5.21. The number of aliphatic imine (C=N–C) groups is 1. The largest absolute Gasteiger partial charge is 0.422 e. The first-order valence-electron chi connectivity index (χ1n) is 9.65. The van der Waals surface area contributed by atoms with Crippen LogP contribution in [0, 0.1) is 3.57 Å². The van der Waals surface area contributed by atoms with E-state index in [9.17, 15) is 4.79 Å². The van der Waals surface area contributed by atoms with Crippen LogP contribution < -0.4 is 5.63 Å². The summed E-state index contributed by atoms with van der Waals surface area (Å²) in [5.41, 5.74) is 3.49. The minimum Gasteiger partial charge on any atom is -0.422 e. The number of halogens is 1. The Balaban J connectivity index is 1.66. The topological polar surface area (TPSA) is 60.4 Å². The molecular weight excluding hydrogens is 501 g/mol. The molecule has 0 atom stereocenters. The van der Waals surface area contributed by atoms with Gasteiger partial charge in [0.05, 0.1) is 16.9 Å². The summed E-state index contributed by atoms with van der Waals surface area (Å²) in [6.45, 7) is 0. The van der Waals surface area contributed by atoms with Crippen LogP contribution in [0.25, 0.3) is 27.9 Å². The van der Waals surface area contributed by atoms with Crippen molar-refractivity contribution in [3.05, 3.63) is 111 Å². The predicted octanol–water partition coefficient (Wildman–Crippen LogP) is 6.00. The van der Waals surface area contributed by atoms with Crippen LogP contribution in [0.4, 0.5) is 5.69 Å². The van der Waals surface area contributed by atoms with Crippen molar-refractivity contribution in [3.63, 3.8) is 0 Å². The lowest BCUT2D eigenvalue weighted by atomic mass is 10.1. The molecule has 2 heterocycles. The molecule has 0 saturated carbocycles. The summed E-state index contributed by atoms with van der Waals surface area (Å²) in [4.78, 5) is 17.4. The fourth-order valence-corrected chi connectivity index (χ4v) is 3.66. The average Bonchev–Trinajstić information content (AvgIpc) is 3.23. The molecule has 150 valence electrons. The second kappa shape index (κ2) is 8.31. The van der Waals surface area contributed by atoms with Gasteiger partial charge in [-0.3, -0.25) is 4.99 Å². The summed E-state index contributed by atoms with van der Waals surface area (Å²) in [5.74, 6) is 0.